The number of aryl methyl sites for hydroxylation is 1. The van der Waals surface area contributed by atoms with Crippen LogP contribution in [0.2, 0.25) is 0 Å². The van der Waals surface area contributed by atoms with E-state index < -0.39 is 10.0 Å². The zero-order valence-electron chi connectivity index (χ0n) is 18.1. The summed E-state index contributed by atoms with van der Waals surface area (Å²) in [5, 5.41) is 3.02. The van der Waals surface area contributed by atoms with Crippen molar-refractivity contribution in [1.82, 2.24) is 5.32 Å². The van der Waals surface area contributed by atoms with Crippen LogP contribution in [-0.4, -0.2) is 33.7 Å². The molecule has 1 aliphatic rings. The summed E-state index contributed by atoms with van der Waals surface area (Å²) in [7, 11) is -3.36. The first-order valence-corrected chi connectivity index (χ1v) is 12.3. The van der Waals surface area contributed by atoms with Crippen LogP contribution in [0.15, 0.2) is 42.5 Å². The fraction of sp³-hybridized carbons (Fsp3) is 0.435. The van der Waals surface area contributed by atoms with Crippen molar-refractivity contribution in [3.63, 3.8) is 0 Å². The minimum atomic E-state index is -3.36. The lowest BCUT2D eigenvalue weighted by Crippen LogP contribution is -2.32. The minimum absolute atomic E-state index is 0.137. The van der Waals surface area contributed by atoms with Gasteiger partial charge in [-0.1, -0.05) is 19.1 Å². The zero-order valence-corrected chi connectivity index (χ0v) is 18.9. The van der Waals surface area contributed by atoms with E-state index in [-0.39, 0.29) is 11.9 Å². The van der Waals surface area contributed by atoms with Crippen molar-refractivity contribution in [3.05, 3.63) is 59.2 Å². The smallest absolute Gasteiger partial charge is 0.251 e. The first kappa shape index (κ1) is 22.2. The van der Waals surface area contributed by atoms with E-state index in [0.29, 0.717) is 16.8 Å². The van der Waals surface area contributed by atoms with Crippen molar-refractivity contribution in [2.45, 2.75) is 39.7 Å². The fourth-order valence-electron chi connectivity index (χ4n) is 3.72. The van der Waals surface area contributed by atoms with Crippen molar-refractivity contribution in [1.29, 1.82) is 0 Å². The number of sulfonamides is 1. The molecule has 0 aromatic heterocycles. The molecule has 7 heteroatoms. The molecule has 1 fully saturated rings. The van der Waals surface area contributed by atoms with Crippen LogP contribution >= 0.6 is 0 Å². The van der Waals surface area contributed by atoms with Gasteiger partial charge in [0.2, 0.25) is 10.0 Å². The Morgan fingerprint density at radius 3 is 2.30 bits per heavy atom. The standard InChI is InChI=1S/C23H31N3O3S/c1-16-11-13-26(14-12-16)21-8-5-19(6-9-21)18(3)24-23(27)20-7-10-22(17(2)15-20)25-30(4,28)29/h5-10,15-16,18,25H,11-14H2,1-4H3,(H,24,27)/t18-/m1/s1. The van der Waals surface area contributed by atoms with Crippen LogP contribution in [0.5, 0.6) is 0 Å². The summed E-state index contributed by atoms with van der Waals surface area (Å²) in [4.78, 5) is 15.1. The number of hydrogen-bond acceptors (Lipinski definition) is 4. The average Bonchev–Trinajstić information content (AvgIpc) is 2.69. The monoisotopic (exact) mass is 429 g/mol. The van der Waals surface area contributed by atoms with Crippen LogP contribution in [0.4, 0.5) is 11.4 Å². The summed E-state index contributed by atoms with van der Waals surface area (Å²) in [6, 6.07) is 13.2. The van der Waals surface area contributed by atoms with E-state index in [1.807, 2.05) is 6.92 Å². The molecule has 0 aliphatic carbocycles. The Morgan fingerprint density at radius 1 is 1.10 bits per heavy atom. The summed E-state index contributed by atoms with van der Waals surface area (Å²) in [6.07, 6.45) is 3.56. The Morgan fingerprint density at radius 2 is 1.73 bits per heavy atom. The highest BCUT2D eigenvalue weighted by atomic mass is 32.2. The number of carbonyl (C=O) groups excluding carboxylic acids is 1. The summed E-state index contributed by atoms with van der Waals surface area (Å²) in [6.45, 7) is 8.23. The molecule has 2 aromatic carbocycles. The molecule has 1 amide bonds. The van der Waals surface area contributed by atoms with Crippen molar-refractivity contribution in [2.75, 3.05) is 29.0 Å². The van der Waals surface area contributed by atoms with Crippen LogP contribution in [0.25, 0.3) is 0 Å². The van der Waals surface area contributed by atoms with Gasteiger partial charge in [-0.05, 0) is 74.1 Å². The Kier molecular flexibility index (Phi) is 6.71. The molecule has 0 saturated carbocycles. The second kappa shape index (κ2) is 9.08. The lowest BCUT2D eigenvalue weighted by molar-refractivity contribution is 0.0940. The van der Waals surface area contributed by atoms with Gasteiger partial charge < -0.3 is 10.2 Å². The number of nitrogens with zero attached hydrogens (tertiary/aromatic N) is 1. The first-order valence-electron chi connectivity index (χ1n) is 10.4. The number of benzene rings is 2. The summed E-state index contributed by atoms with van der Waals surface area (Å²) in [5.74, 6) is 0.612. The van der Waals surface area contributed by atoms with E-state index in [2.05, 4.69) is 46.1 Å². The molecule has 1 atom stereocenters. The van der Waals surface area contributed by atoms with Crippen molar-refractivity contribution in [3.8, 4) is 0 Å². The van der Waals surface area contributed by atoms with Gasteiger partial charge in [0.25, 0.3) is 5.91 Å². The highest BCUT2D eigenvalue weighted by molar-refractivity contribution is 7.92. The summed E-state index contributed by atoms with van der Waals surface area (Å²) >= 11 is 0. The molecule has 2 aromatic rings. The lowest BCUT2D eigenvalue weighted by Gasteiger charge is -2.32. The van der Waals surface area contributed by atoms with E-state index in [4.69, 9.17) is 0 Å². The maximum atomic E-state index is 12.7. The molecule has 0 spiro atoms. The van der Waals surface area contributed by atoms with Gasteiger partial charge in [0.15, 0.2) is 0 Å². The second-order valence-electron chi connectivity index (χ2n) is 8.36. The van der Waals surface area contributed by atoms with Gasteiger partial charge in [-0.3, -0.25) is 9.52 Å². The molecule has 0 radical (unpaired) electrons. The minimum Gasteiger partial charge on any atom is -0.372 e. The van der Waals surface area contributed by atoms with Crippen LogP contribution in [0.1, 0.15) is 54.2 Å². The van der Waals surface area contributed by atoms with Crippen LogP contribution in [0, 0.1) is 12.8 Å². The third kappa shape index (κ3) is 5.75. The third-order valence-electron chi connectivity index (χ3n) is 5.67. The van der Waals surface area contributed by atoms with Gasteiger partial charge in [0.1, 0.15) is 0 Å². The van der Waals surface area contributed by atoms with Gasteiger partial charge >= 0.3 is 0 Å². The molecular formula is C23H31N3O3S. The zero-order chi connectivity index (χ0) is 21.9. The molecule has 1 saturated heterocycles. The number of piperidine rings is 1. The van der Waals surface area contributed by atoms with Crippen LogP contribution in [0.3, 0.4) is 0 Å². The molecule has 162 valence electrons. The SMILES string of the molecule is Cc1cc(C(=O)N[C@H](C)c2ccc(N3CCC(C)CC3)cc2)ccc1NS(C)(=O)=O. The highest BCUT2D eigenvalue weighted by Crippen LogP contribution is 2.25. The van der Waals surface area contributed by atoms with Gasteiger partial charge in [0, 0.05) is 24.3 Å². The van der Waals surface area contributed by atoms with Gasteiger partial charge in [0.05, 0.1) is 18.0 Å². The Bertz CT molecular complexity index is 995. The fourth-order valence-corrected chi connectivity index (χ4v) is 4.35. The third-order valence-corrected chi connectivity index (χ3v) is 6.26. The Hall–Kier alpha value is -2.54. The van der Waals surface area contributed by atoms with Gasteiger partial charge in [-0.25, -0.2) is 8.42 Å². The van der Waals surface area contributed by atoms with Crippen molar-refractivity contribution in [2.24, 2.45) is 5.92 Å². The van der Waals surface area contributed by atoms with Crippen LogP contribution in [-0.2, 0) is 10.0 Å². The van der Waals surface area contributed by atoms with E-state index in [0.717, 1.165) is 30.8 Å². The Labute approximate surface area is 179 Å². The van der Waals surface area contributed by atoms with Gasteiger partial charge in [-0.15, -0.1) is 0 Å². The van der Waals surface area contributed by atoms with E-state index in [1.54, 1.807) is 25.1 Å². The van der Waals surface area contributed by atoms with Crippen LogP contribution < -0.4 is 14.9 Å². The number of rotatable bonds is 6. The quantitative estimate of drug-likeness (QED) is 0.725. The molecule has 30 heavy (non-hydrogen) atoms. The summed E-state index contributed by atoms with van der Waals surface area (Å²) < 4.78 is 25.3. The number of nitrogens with one attached hydrogen (secondary N) is 2. The number of hydrogen-bond donors (Lipinski definition) is 2. The Balaban J connectivity index is 1.63. The van der Waals surface area contributed by atoms with Gasteiger partial charge in [-0.2, -0.15) is 0 Å². The summed E-state index contributed by atoms with van der Waals surface area (Å²) in [5.41, 5.74) is 3.95. The first-order chi connectivity index (χ1) is 14.1. The molecular weight excluding hydrogens is 398 g/mol. The number of anilines is 2. The second-order valence-corrected chi connectivity index (χ2v) is 10.1. The largest absolute Gasteiger partial charge is 0.372 e. The normalized spacial score (nSPS) is 16.2. The molecule has 3 rings (SSSR count). The maximum absolute atomic E-state index is 12.7. The molecule has 0 bridgehead atoms. The lowest BCUT2D eigenvalue weighted by atomic mass is 9.98. The molecule has 1 heterocycles. The topological polar surface area (TPSA) is 78.5 Å². The number of carbonyl (C=O) groups is 1. The van der Waals surface area contributed by atoms with E-state index >= 15 is 0 Å². The van der Waals surface area contributed by atoms with Crippen molar-refractivity contribution < 1.29 is 13.2 Å². The highest BCUT2D eigenvalue weighted by Gasteiger charge is 2.17. The molecule has 6 nitrogen and oxygen atoms in total. The van der Waals surface area contributed by atoms with E-state index in [9.17, 15) is 13.2 Å². The maximum Gasteiger partial charge on any atom is 0.251 e. The van der Waals surface area contributed by atoms with E-state index in [1.165, 1.54) is 18.5 Å². The molecule has 1 aliphatic heterocycles. The predicted molar refractivity (Wildman–Crippen MR) is 123 cm³/mol. The van der Waals surface area contributed by atoms with Crippen molar-refractivity contribution >= 4 is 27.3 Å². The molecule has 2 N–H and O–H groups in total. The molecule has 0 unspecified atom stereocenters. The average molecular weight is 430 g/mol. The number of amides is 1. The predicted octanol–water partition coefficient (Wildman–Crippen LogP) is 4.09.